The molecule has 1 aromatic heterocycles. The van der Waals surface area contributed by atoms with Crippen molar-refractivity contribution in [2.75, 3.05) is 6.61 Å². The van der Waals surface area contributed by atoms with Gasteiger partial charge in [0.1, 0.15) is 16.1 Å². The molecule has 1 amide bonds. The van der Waals surface area contributed by atoms with Crippen molar-refractivity contribution in [1.82, 2.24) is 9.88 Å². The lowest BCUT2D eigenvalue weighted by molar-refractivity contribution is -0.168. The molecule has 2 heterocycles. The molecule has 3 rings (SSSR count). The molecule has 1 N–H and O–H groups in total. The molecule has 0 bridgehead atoms. The molecule has 3 atom stereocenters. The van der Waals surface area contributed by atoms with Crippen molar-refractivity contribution in [1.29, 1.82) is 0 Å². The lowest BCUT2D eigenvalue weighted by atomic mass is 9.83. The van der Waals surface area contributed by atoms with Crippen molar-refractivity contribution in [2.45, 2.75) is 90.8 Å². The second-order valence-electron chi connectivity index (χ2n) is 12.2. The maximum atomic E-state index is 14.4. The molecular formula is C28H39BrN2O4S. The van der Waals surface area contributed by atoms with E-state index in [1.807, 2.05) is 58.2 Å². The van der Waals surface area contributed by atoms with Gasteiger partial charge in [0.05, 0.1) is 6.04 Å². The number of rotatable bonds is 6. The van der Waals surface area contributed by atoms with Crippen LogP contribution in [0.2, 0.25) is 0 Å². The van der Waals surface area contributed by atoms with Crippen LogP contribution in [0.4, 0.5) is 0 Å². The number of amides is 1. The van der Waals surface area contributed by atoms with Gasteiger partial charge in [0.2, 0.25) is 0 Å². The molecule has 1 aliphatic heterocycles. The molecule has 0 spiro atoms. The maximum Gasteiger partial charge on any atom is 0.332 e. The monoisotopic (exact) mass is 578 g/mol. The Balaban J connectivity index is 2.22. The summed E-state index contributed by atoms with van der Waals surface area (Å²) in [6, 6.07) is 5.10. The molecule has 2 aromatic rings. The van der Waals surface area contributed by atoms with Crippen LogP contribution in [-0.2, 0) is 14.9 Å². The van der Waals surface area contributed by atoms with Gasteiger partial charge in [-0.05, 0) is 62.6 Å². The van der Waals surface area contributed by atoms with E-state index in [0.717, 1.165) is 10.0 Å². The predicted octanol–water partition coefficient (Wildman–Crippen LogP) is 6.53. The van der Waals surface area contributed by atoms with Gasteiger partial charge in [0.15, 0.2) is 0 Å². The van der Waals surface area contributed by atoms with Crippen molar-refractivity contribution in [3.8, 4) is 0 Å². The molecule has 1 fully saturated rings. The Morgan fingerprint density at radius 2 is 1.92 bits per heavy atom. The molecule has 6 nitrogen and oxygen atoms in total. The van der Waals surface area contributed by atoms with E-state index in [0.29, 0.717) is 23.4 Å². The number of halogens is 1. The van der Waals surface area contributed by atoms with Gasteiger partial charge in [0, 0.05) is 34.1 Å². The van der Waals surface area contributed by atoms with Crippen LogP contribution in [0, 0.1) is 11.8 Å². The number of aliphatic hydroxyl groups excluding tert-OH is 1. The van der Waals surface area contributed by atoms with Crippen molar-refractivity contribution in [2.24, 2.45) is 11.8 Å². The van der Waals surface area contributed by atoms with Gasteiger partial charge < -0.3 is 14.7 Å². The van der Waals surface area contributed by atoms with E-state index in [2.05, 4.69) is 41.7 Å². The molecule has 198 valence electrons. The molecule has 8 heteroatoms. The average molecular weight is 580 g/mol. The molecule has 0 radical (unpaired) electrons. The van der Waals surface area contributed by atoms with Crippen molar-refractivity contribution >= 4 is 39.1 Å². The number of hydrogen-bond acceptors (Lipinski definition) is 6. The van der Waals surface area contributed by atoms with Gasteiger partial charge in [-0.2, -0.15) is 0 Å². The Bertz CT molecular complexity index is 1090. The normalized spacial score (nSPS) is 22.8. The molecule has 0 saturated carbocycles. The van der Waals surface area contributed by atoms with E-state index in [4.69, 9.17) is 4.74 Å². The highest BCUT2D eigenvalue weighted by atomic mass is 79.9. The van der Waals surface area contributed by atoms with Gasteiger partial charge >= 0.3 is 5.97 Å². The fourth-order valence-electron chi connectivity index (χ4n) is 5.19. The minimum atomic E-state index is -1.22. The van der Waals surface area contributed by atoms with Crippen LogP contribution in [-0.4, -0.2) is 44.6 Å². The third-order valence-corrected chi connectivity index (χ3v) is 7.99. The first-order valence-electron chi connectivity index (χ1n) is 12.5. The number of ether oxygens (including phenoxy) is 1. The molecule has 0 unspecified atom stereocenters. The SMILES string of the molecule is CC(C)C[C@@]1(C(=O)OC(C)(C)C)C[C@H](CO)[C@H](c2nccs2)N1C(=O)c1ccc(C(C)(C)C)c(Br)c1. The quantitative estimate of drug-likeness (QED) is 0.394. The van der Waals surface area contributed by atoms with Crippen molar-refractivity contribution in [3.63, 3.8) is 0 Å². The van der Waals surface area contributed by atoms with E-state index < -0.39 is 23.2 Å². The zero-order valence-electron chi connectivity index (χ0n) is 22.6. The highest BCUT2D eigenvalue weighted by Crippen LogP contribution is 2.51. The van der Waals surface area contributed by atoms with Crippen LogP contribution in [0.1, 0.15) is 95.2 Å². The van der Waals surface area contributed by atoms with Crippen molar-refractivity contribution in [3.05, 3.63) is 50.4 Å². The molecule has 1 aliphatic rings. The number of thiazole rings is 1. The minimum absolute atomic E-state index is 0.0998. The van der Waals surface area contributed by atoms with E-state index in [9.17, 15) is 14.7 Å². The summed E-state index contributed by atoms with van der Waals surface area (Å²) in [4.78, 5) is 34.6. The van der Waals surface area contributed by atoms with E-state index in [1.165, 1.54) is 11.3 Å². The first kappa shape index (κ1) is 28.8. The predicted molar refractivity (Wildman–Crippen MR) is 147 cm³/mol. The molecular weight excluding hydrogens is 540 g/mol. The summed E-state index contributed by atoms with van der Waals surface area (Å²) >= 11 is 5.10. The molecule has 36 heavy (non-hydrogen) atoms. The van der Waals surface area contributed by atoms with Gasteiger partial charge in [-0.15, -0.1) is 11.3 Å². The zero-order chi connectivity index (χ0) is 27.1. The third kappa shape index (κ3) is 5.86. The smallest absolute Gasteiger partial charge is 0.332 e. The Kier molecular flexibility index (Phi) is 8.43. The second kappa shape index (κ2) is 10.5. The van der Waals surface area contributed by atoms with Crippen LogP contribution >= 0.6 is 27.3 Å². The summed E-state index contributed by atoms with van der Waals surface area (Å²) in [5, 5.41) is 13.0. The van der Waals surface area contributed by atoms with Crippen LogP contribution in [0.5, 0.6) is 0 Å². The fourth-order valence-corrected chi connectivity index (χ4v) is 6.98. The number of carbonyl (C=O) groups is 2. The summed E-state index contributed by atoms with van der Waals surface area (Å²) in [5.41, 5.74) is -0.479. The number of aliphatic hydroxyl groups is 1. The summed E-state index contributed by atoms with van der Waals surface area (Å²) in [6.07, 6.45) is 2.43. The van der Waals surface area contributed by atoms with Gasteiger partial charge in [-0.1, -0.05) is 56.6 Å². The van der Waals surface area contributed by atoms with Gasteiger partial charge in [-0.3, -0.25) is 4.79 Å². The summed E-state index contributed by atoms with van der Waals surface area (Å²) in [5.74, 6) is -0.931. The number of esters is 1. The molecule has 1 aromatic carbocycles. The molecule has 0 aliphatic carbocycles. The molecule has 1 saturated heterocycles. The van der Waals surface area contributed by atoms with Crippen LogP contribution in [0.25, 0.3) is 0 Å². The van der Waals surface area contributed by atoms with E-state index >= 15 is 0 Å². The summed E-state index contributed by atoms with van der Waals surface area (Å²) in [7, 11) is 0. The number of hydrogen-bond donors (Lipinski definition) is 1. The maximum absolute atomic E-state index is 14.4. The number of likely N-dealkylation sites (tertiary alicyclic amines) is 1. The van der Waals surface area contributed by atoms with Crippen LogP contribution in [0.15, 0.2) is 34.2 Å². The Labute approximate surface area is 227 Å². The first-order valence-corrected chi connectivity index (χ1v) is 14.2. The standard InChI is InChI=1S/C28H39BrN2O4S/c1-17(2)14-28(25(34)35-27(6,7)8)15-19(16-32)22(23-30-11-12-36-23)31(28)24(33)18-9-10-20(21(29)13-18)26(3,4)5/h9-13,17,19,22,32H,14-16H2,1-8H3/t19-,22-,28+/m1/s1. The average Bonchev–Trinajstić information content (AvgIpc) is 3.36. The second-order valence-corrected chi connectivity index (χ2v) is 14.0. The Hall–Kier alpha value is -1.77. The van der Waals surface area contributed by atoms with Crippen molar-refractivity contribution < 1.29 is 19.4 Å². The van der Waals surface area contributed by atoms with E-state index in [1.54, 1.807) is 11.1 Å². The fraction of sp³-hybridized carbons (Fsp3) is 0.607. The minimum Gasteiger partial charge on any atom is -0.458 e. The Morgan fingerprint density at radius 3 is 2.39 bits per heavy atom. The summed E-state index contributed by atoms with van der Waals surface area (Å²) < 4.78 is 6.79. The number of benzene rings is 1. The number of carbonyl (C=O) groups excluding carboxylic acids is 2. The van der Waals surface area contributed by atoms with Crippen LogP contribution < -0.4 is 0 Å². The van der Waals surface area contributed by atoms with Crippen LogP contribution in [0.3, 0.4) is 0 Å². The van der Waals surface area contributed by atoms with E-state index in [-0.39, 0.29) is 29.8 Å². The van der Waals surface area contributed by atoms with Gasteiger partial charge in [-0.25, -0.2) is 9.78 Å². The highest BCUT2D eigenvalue weighted by molar-refractivity contribution is 9.10. The number of nitrogens with zero attached hydrogens (tertiary/aromatic N) is 2. The first-order chi connectivity index (χ1) is 16.6. The summed E-state index contributed by atoms with van der Waals surface area (Å²) in [6.45, 7) is 15.8. The topological polar surface area (TPSA) is 79.7 Å². The zero-order valence-corrected chi connectivity index (χ0v) is 25.0. The third-order valence-electron chi connectivity index (χ3n) is 6.49. The number of aromatic nitrogens is 1. The lowest BCUT2D eigenvalue weighted by Gasteiger charge is -2.41. The van der Waals surface area contributed by atoms with Gasteiger partial charge in [0.25, 0.3) is 5.91 Å². The highest BCUT2D eigenvalue weighted by Gasteiger charge is 2.60. The lowest BCUT2D eigenvalue weighted by Crippen LogP contribution is -2.56. The Morgan fingerprint density at radius 1 is 1.25 bits per heavy atom. The largest absolute Gasteiger partial charge is 0.458 e.